The summed E-state index contributed by atoms with van der Waals surface area (Å²) in [6.45, 7) is 6.18. The molecule has 0 aliphatic heterocycles. The predicted molar refractivity (Wildman–Crippen MR) is 65.3 cm³/mol. The van der Waals surface area contributed by atoms with Gasteiger partial charge in [0.05, 0.1) is 17.2 Å². The third-order valence-corrected chi connectivity index (χ3v) is 2.33. The number of nitrogens with one attached hydrogen (secondary N) is 1. The number of aromatic nitrogens is 1. The van der Waals surface area contributed by atoms with Crippen molar-refractivity contribution in [1.82, 2.24) is 5.16 Å². The van der Waals surface area contributed by atoms with Gasteiger partial charge >= 0.3 is 5.63 Å². The Kier molecular flexibility index (Phi) is 3.14. The van der Waals surface area contributed by atoms with Crippen molar-refractivity contribution in [3.8, 4) is 5.75 Å². The molecule has 0 fully saturated rings. The molecule has 2 rings (SSSR count). The fraction of sp³-hybridized carbons (Fsp3) is 0.154. The molecule has 2 aromatic rings. The van der Waals surface area contributed by atoms with Gasteiger partial charge < -0.3 is 9.26 Å². The van der Waals surface area contributed by atoms with Crippen LogP contribution in [0.5, 0.6) is 5.75 Å². The van der Waals surface area contributed by atoms with Gasteiger partial charge in [0, 0.05) is 5.56 Å². The Morgan fingerprint density at radius 3 is 2.88 bits per heavy atom. The number of benzene rings is 1. The number of H-pyrrole nitrogens is 1. The number of hydrogen-bond donors (Lipinski definition) is 1. The maximum absolute atomic E-state index is 11.4. The Labute approximate surface area is 97.8 Å². The van der Waals surface area contributed by atoms with Crippen LogP contribution in [-0.4, -0.2) is 11.8 Å². The number of rotatable bonds is 3. The van der Waals surface area contributed by atoms with Gasteiger partial charge in [0.25, 0.3) is 0 Å². The molecule has 0 aliphatic rings. The van der Waals surface area contributed by atoms with Crippen LogP contribution in [-0.2, 0) is 0 Å². The number of aromatic amines is 1. The van der Waals surface area contributed by atoms with Gasteiger partial charge in [-0.25, -0.2) is 9.95 Å². The van der Waals surface area contributed by atoms with E-state index < -0.39 is 5.63 Å². The van der Waals surface area contributed by atoms with Crippen molar-refractivity contribution >= 4 is 12.7 Å². The van der Waals surface area contributed by atoms with Crippen LogP contribution < -0.4 is 20.9 Å². The second-order valence-electron chi connectivity index (χ2n) is 3.50. The zero-order valence-electron chi connectivity index (χ0n) is 9.53. The van der Waals surface area contributed by atoms with E-state index in [1.54, 1.807) is 6.08 Å². The maximum atomic E-state index is 11.4. The van der Waals surface area contributed by atoms with Crippen molar-refractivity contribution in [3.05, 3.63) is 50.8 Å². The fourth-order valence-electron chi connectivity index (χ4n) is 1.53. The van der Waals surface area contributed by atoms with E-state index in [0.717, 1.165) is 11.3 Å². The van der Waals surface area contributed by atoms with Crippen LogP contribution in [0.25, 0.3) is 12.7 Å². The summed E-state index contributed by atoms with van der Waals surface area (Å²) in [4.78, 5) is 11.4. The van der Waals surface area contributed by atoms with E-state index in [1.807, 2.05) is 31.2 Å². The molecule has 17 heavy (non-hydrogen) atoms. The Morgan fingerprint density at radius 1 is 1.47 bits per heavy atom. The van der Waals surface area contributed by atoms with Gasteiger partial charge in [-0.05, 0) is 19.1 Å². The van der Waals surface area contributed by atoms with Gasteiger partial charge in [0.2, 0.25) is 0 Å². The molecule has 0 bridgehead atoms. The number of ether oxygens (including phenoxy) is 1. The molecule has 0 radical (unpaired) electrons. The van der Waals surface area contributed by atoms with Crippen LogP contribution in [0.3, 0.4) is 0 Å². The van der Waals surface area contributed by atoms with Gasteiger partial charge in [-0.2, -0.15) is 0 Å². The van der Waals surface area contributed by atoms with Crippen molar-refractivity contribution in [2.75, 3.05) is 6.61 Å². The molecule has 1 aromatic heterocycles. The Bertz CT molecular complexity index is 636. The summed E-state index contributed by atoms with van der Waals surface area (Å²) in [6, 6.07) is 7.49. The van der Waals surface area contributed by atoms with Crippen LogP contribution in [0.4, 0.5) is 0 Å². The highest BCUT2D eigenvalue weighted by molar-refractivity contribution is 5.56. The van der Waals surface area contributed by atoms with Gasteiger partial charge in [-0.3, -0.25) is 0 Å². The summed E-state index contributed by atoms with van der Waals surface area (Å²) in [6.07, 6.45) is 1.70. The molecule has 4 nitrogen and oxygen atoms in total. The van der Waals surface area contributed by atoms with Crippen LogP contribution >= 0.6 is 0 Å². The van der Waals surface area contributed by atoms with Gasteiger partial charge in [0.15, 0.2) is 0 Å². The smallest absolute Gasteiger partial charge is 0.365 e. The third kappa shape index (κ3) is 2.30. The molecule has 0 aliphatic carbocycles. The number of para-hydroxylation sites is 1. The first-order chi connectivity index (χ1) is 8.22. The van der Waals surface area contributed by atoms with Crippen molar-refractivity contribution in [1.29, 1.82) is 0 Å². The van der Waals surface area contributed by atoms with E-state index in [1.165, 1.54) is 0 Å². The summed E-state index contributed by atoms with van der Waals surface area (Å²) >= 11 is 0. The molecule has 0 saturated carbocycles. The van der Waals surface area contributed by atoms with Crippen LogP contribution in [0, 0.1) is 0 Å². The second-order valence-corrected chi connectivity index (χ2v) is 3.50. The largest absolute Gasteiger partial charge is 0.493 e. The van der Waals surface area contributed by atoms with Crippen molar-refractivity contribution in [2.24, 2.45) is 0 Å². The highest BCUT2D eigenvalue weighted by atomic mass is 16.5. The molecule has 0 spiro atoms. The first-order valence-corrected chi connectivity index (χ1v) is 5.32. The molecule has 4 heteroatoms. The van der Waals surface area contributed by atoms with Crippen LogP contribution in [0.1, 0.15) is 12.5 Å². The topological polar surface area (TPSA) is 55.2 Å². The van der Waals surface area contributed by atoms with Crippen LogP contribution in [0.2, 0.25) is 0 Å². The summed E-state index contributed by atoms with van der Waals surface area (Å²) < 4.78 is 10.1. The highest BCUT2D eigenvalue weighted by Gasteiger charge is 2.01. The van der Waals surface area contributed by atoms with E-state index in [4.69, 9.17) is 4.74 Å². The van der Waals surface area contributed by atoms with Crippen LogP contribution in [0.15, 0.2) is 33.6 Å². The SMILES string of the molecule is C=c1[nH]oc(=O)c1=Cc1ccccc1OCC. The summed E-state index contributed by atoms with van der Waals surface area (Å²) in [5.74, 6) is 0.731. The Morgan fingerprint density at radius 2 is 2.24 bits per heavy atom. The van der Waals surface area contributed by atoms with Gasteiger partial charge in [-0.15, -0.1) is 0 Å². The van der Waals surface area contributed by atoms with Crippen molar-refractivity contribution < 1.29 is 9.26 Å². The molecule has 0 saturated heterocycles. The minimum absolute atomic E-state index is 0.414. The first-order valence-electron chi connectivity index (χ1n) is 5.32. The zero-order chi connectivity index (χ0) is 12.3. The molecule has 88 valence electrons. The standard InChI is InChI=1S/C13H13NO3/c1-3-16-12-7-5-4-6-10(12)8-11-9(2)14-17-13(11)15/h4-8,14H,2-3H2,1H3. The van der Waals surface area contributed by atoms with Gasteiger partial charge in [-0.1, -0.05) is 24.8 Å². The number of hydrogen-bond acceptors (Lipinski definition) is 3. The second kappa shape index (κ2) is 4.74. The minimum atomic E-state index is -0.429. The molecule has 1 aromatic carbocycles. The average molecular weight is 231 g/mol. The normalized spacial score (nSPS) is 11.7. The monoisotopic (exact) mass is 231 g/mol. The zero-order valence-corrected chi connectivity index (χ0v) is 9.53. The average Bonchev–Trinajstić information content (AvgIpc) is 2.64. The van der Waals surface area contributed by atoms with E-state index in [0.29, 0.717) is 17.2 Å². The van der Waals surface area contributed by atoms with Crippen molar-refractivity contribution in [3.63, 3.8) is 0 Å². The Balaban J connectivity index is 2.60. The lowest BCUT2D eigenvalue weighted by atomic mass is 10.1. The van der Waals surface area contributed by atoms with E-state index in [2.05, 4.69) is 16.3 Å². The molecule has 1 heterocycles. The third-order valence-electron chi connectivity index (χ3n) is 2.33. The quantitative estimate of drug-likeness (QED) is 0.841. The first kappa shape index (κ1) is 11.3. The van der Waals surface area contributed by atoms with E-state index in [9.17, 15) is 4.79 Å². The molecular formula is C13H13NO3. The predicted octanol–water partition coefficient (Wildman–Crippen LogP) is 0.606. The van der Waals surface area contributed by atoms with E-state index >= 15 is 0 Å². The summed E-state index contributed by atoms with van der Waals surface area (Å²) in [7, 11) is 0. The summed E-state index contributed by atoms with van der Waals surface area (Å²) in [5.41, 5.74) is 0.396. The lowest BCUT2D eigenvalue weighted by molar-refractivity contribution is 0.339. The molecule has 0 atom stereocenters. The van der Waals surface area contributed by atoms with Crippen molar-refractivity contribution in [2.45, 2.75) is 6.92 Å². The molecule has 0 unspecified atom stereocenters. The minimum Gasteiger partial charge on any atom is -0.493 e. The lowest BCUT2D eigenvalue weighted by Gasteiger charge is -2.05. The Hall–Kier alpha value is -2.23. The molecule has 1 N–H and O–H groups in total. The molecule has 0 amide bonds. The fourth-order valence-corrected chi connectivity index (χ4v) is 1.53. The maximum Gasteiger partial charge on any atom is 0.365 e. The molecular weight excluding hydrogens is 218 g/mol. The van der Waals surface area contributed by atoms with E-state index in [-0.39, 0.29) is 0 Å². The lowest BCUT2D eigenvalue weighted by Crippen LogP contribution is -2.31. The van der Waals surface area contributed by atoms with Gasteiger partial charge in [0.1, 0.15) is 5.75 Å². The highest BCUT2D eigenvalue weighted by Crippen LogP contribution is 2.17. The summed E-state index contributed by atoms with van der Waals surface area (Å²) in [5, 5.41) is 3.31.